The minimum absolute atomic E-state index is 0.142. The van der Waals surface area contributed by atoms with Gasteiger partial charge in [0.15, 0.2) is 5.17 Å². The smallest absolute Gasteiger partial charge is 0.264 e. The van der Waals surface area contributed by atoms with Gasteiger partial charge in [-0.25, -0.2) is 0 Å². The number of hydrogen-bond donors (Lipinski definition) is 2. The molecule has 1 aromatic carbocycles. The van der Waals surface area contributed by atoms with Crippen molar-refractivity contribution >= 4 is 40.5 Å². The van der Waals surface area contributed by atoms with Gasteiger partial charge in [-0.05, 0) is 42.5 Å². The summed E-state index contributed by atoms with van der Waals surface area (Å²) >= 11 is 7.15. The average molecular weight is 283 g/mol. The normalized spacial score (nSPS) is 17.1. The lowest BCUT2D eigenvalue weighted by Crippen LogP contribution is -2.18. The molecule has 0 bridgehead atoms. The Labute approximate surface area is 114 Å². The van der Waals surface area contributed by atoms with Crippen LogP contribution in [0.5, 0.6) is 5.75 Å². The quantitative estimate of drug-likeness (QED) is 0.838. The monoisotopic (exact) mass is 282 g/mol. The Morgan fingerprint density at radius 1 is 1.56 bits per heavy atom. The second-order valence-corrected chi connectivity index (χ2v) is 4.98. The van der Waals surface area contributed by atoms with E-state index in [1.54, 1.807) is 18.2 Å². The van der Waals surface area contributed by atoms with Gasteiger partial charge in [0.05, 0.1) is 16.5 Å². The van der Waals surface area contributed by atoms with Crippen molar-refractivity contribution in [3.05, 3.63) is 33.7 Å². The number of halogens is 1. The number of carbonyl (C=O) groups is 1. The summed E-state index contributed by atoms with van der Waals surface area (Å²) in [6.45, 7) is 2.44. The molecule has 0 unspecified atom stereocenters. The third kappa shape index (κ3) is 2.86. The van der Waals surface area contributed by atoms with Gasteiger partial charge in [0.1, 0.15) is 5.75 Å². The number of hydrogen-bond acceptors (Lipinski definition) is 4. The fraction of sp³-hybridized carbons (Fsp3) is 0.167. The van der Waals surface area contributed by atoms with Crippen molar-refractivity contribution < 1.29 is 9.53 Å². The Bertz CT molecular complexity index is 543. The number of ether oxygens (including phenoxy) is 1. The van der Waals surface area contributed by atoms with Gasteiger partial charge in [0.2, 0.25) is 0 Å². The fourth-order valence-corrected chi connectivity index (χ4v) is 2.42. The molecule has 1 aromatic rings. The highest BCUT2D eigenvalue weighted by Crippen LogP contribution is 2.29. The van der Waals surface area contributed by atoms with Gasteiger partial charge in [-0.2, -0.15) is 0 Å². The molecular weight excluding hydrogens is 272 g/mol. The van der Waals surface area contributed by atoms with Gasteiger partial charge >= 0.3 is 0 Å². The van der Waals surface area contributed by atoms with Gasteiger partial charge in [-0.15, -0.1) is 0 Å². The number of rotatable bonds is 3. The van der Waals surface area contributed by atoms with E-state index in [1.165, 1.54) is 0 Å². The van der Waals surface area contributed by atoms with Crippen LogP contribution in [0.3, 0.4) is 0 Å². The third-order valence-corrected chi connectivity index (χ3v) is 3.34. The first-order valence-electron chi connectivity index (χ1n) is 5.32. The molecule has 0 radical (unpaired) electrons. The molecule has 1 aliphatic heterocycles. The molecule has 94 valence electrons. The molecule has 2 N–H and O–H groups in total. The number of thioether (sulfide) groups is 1. The van der Waals surface area contributed by atoms with Crippen molar-refractivity contribution in [2.45, 2.75) is 6.92 Å². The minimum atomic E-state index is -0.255. The van der Waals surface area contributed by atoms with Crippen LogP contribution in [0, 0.1) is 5.41 Å². The van der Waals surface area contributed by atoms with E-state index >= 15 is 0 Å². The van der Waals surface area contributed by atoms with Gasteiger partial charge in [0.25, 0.3) is 5.91 Å². The standard InChI is InChI=1S/C12H11ClN2O2S/c1-2-17-9-4-3-7(5-8(9)13)6-10-11(16)15-12(14)18-10/h3-6H,2H2,1H3,(H2,14,15,16). The molecule has 0 spiro atoms. The predicted octanol–water partition coefficient (Wildman–Crippen LogP) is 2.88. The van der Waals surface area contributed by atoms with Gasteiger partial charge in [0, 0.05) is 0 Å². The van der Waals surface area contributed by atoms with Crippen LogP contribution in [0.2, 0.25) is 5.02 Å². The highest BCUT2D eigenvalue weighted by molar-refractivity contribution is 8.18. The highest BCUT2D eigenvalue weighted by Gasteiger charge is 2.22. The third-order valence-electron chi connectivity index (χ3n) is 2.22. The molecule has 1 heterocycles. The zero-order chi connectivity index (χ0) is 13.1. The molecule has 1 fully saturated rings. The second kappa shape index (κ2) is 5.46. The summed E-state index contributed by atoms with van der Waals surface area (Å²) in [6, 6.07) is 5.32. The van der Waals surface area contributed by atoms with Crippen LogP contribution >= 0.6 is 23.4 Å². The molecule has 4 nitrogen and oxygen atoms in total. The zero-order valence-electron chi connectivity index (χ0n) is 9.62. The first-order valence-corrected chi connectivity index (χ1v) is 6.51. The largest absolute Gasteiger partial charge is 0.492 e. The lowest BCUT2D eigenvalue weighted by Gasteiger charge is -2.05. The zero-order valence-corrected chi connectivity index (χ0v) is 11.2. The number of nitrogens with one attached hydrogen (secondary N) is 2. The van der Waals surface area contributed by atoms with Crippen LogP contribution in [0.1, 0.15) is 12.5 Å². The number of amidine groups is 1. The van der Waals surface area contributed by atoms with E-state index in [2.05, 4.69) is 5.32 Å². The molecule has 1 saturated heterocycles. The van der Waals surface area contributed by atoms with Gasteiger partial charge < -0.3 is 10.1 Å². The summed E-state index contributed by atoms with van der Waals surface area (Å²) in [5.74, 6) is 0.368. The van der Waals surface area contributed by atoms with Crippen molar-refractivity contribution in [3.63, 3.8) is 0 Å². The Morgan fingerprint density at radius 2 is 2.33 bits per heavy atom. The van der Waals surface area contributed by atoms with Crippen LogP contribution in [-0.4, -0.2) is 17.7 Å². The molecule has 0 aromatic heterocycles. The van der Waals surface area contributed by atoms with E-state index in [0.717, 1.165) is 17.3 Å². The van der Waals surface area contributed by atoms with Crippen LogP contribution in [0.25, 0.3) is 6.08 Å². The fourth-order valence-electron chi connectivity index (χ4n) is 1.47. The maximum absolute atomic E-state index is 11.4. The maximum atomic E-state index is 11.4. The summed E-state index contributed by atoms with van der Waals surface area (Å²) in [5.41, 5.74) is 0.802. The predicted molar refractivity (Wildman–Crippen MR) is 74.1 cm³/mol. The lowest BCUT2D eigenvalue weighted by molar-refractivity contribution is -0.115. The van der Waals surface area contributed by atoms with Crippen LogP contribution < -0.4 is 10.1 Å². The number of carbonyl (C=O) groups excluding carboxylic acids is 1. The van der Waals surface area contributed by atoms with Gasteiger partial charge in [-0.1, -0.05) is 17.7 Å². The van der Waals surface area contributed by atoms with E-state index < -0.39 is 0 Å². The number of benzene rings is 1. The molecule has 6 heteroatoms. The van der Waals surface area contributed by atoms with Crippen molar-refractivity contribution in [1.82, 2.24) is 5.32 Å². The topological polar surface area (TPSA) is 62.2 Å². The van der Waals surface area contributed by atoms with Crippen molar-refractivity contribution in [2.75, 3.05) is 6.61 Å². The molecule has 18 heavy (non-hydrogen) atoms. The summed E-state index contributed by atoms with van der Waals surface area (Å²) in [6.07, 6.45) is 1.70. The first-order chi connectivity index (χ1) is 8.60. The lowest BCUT2D eigenvalue weighted by atomic mass is 10.2. The summed E-state index contributed by atoms with van der Waals surface area (Å²) < 4.78 is 5.33. The summed E-state index contributed by atoms with van der Waals surface area (Å²) in [4.78, 5) is 11.9. The van der Waals surface area contributed by atoms with E-state index in [-0.39, 0.29) is 11.1 Å². The van der Waals surface area contributed by atoms with Crippen molar-refractivity contribution in [2.24, 2.45) is 0 Å². The molecule has 0 aliphatic carbocycles. The van der Waals surface area contributed by atoms with E-state index in [9.17, 15) is 4.79 Å². The molecule has 1 amide bonds. The summed E-state index contributed by atoms with van der Waals surface area (Å²) in [7, 11) is 0. The van der Waals surface area contributed by atoms with Crippen molar-refractivity contribution in [3.8, 4) is 5.75 Å². The Hall–Kier alpha value is -1.46. The molecule has 2 rings (SSSR count). The molecule has 0 atom stereocenters. The first kappa shape index (κ1) is 13.0. The minimum Gasteiger partial charge on any atom is -0.492 e. The SMILES string of the molecule is CCOc1ccc(C=C2SC(=N)NC2=O)cc1Cl. The van der Waals surface area contributed by atoms with Gasteiger partial charge in [-0.3, -0.25) is 10.2 Å². The average Bonchev–Trinajstić information content (AvgIpc) is 2.61. The molecule has 0 saturated carbocycles. The van der Waals surface area contributed by atoms with Crippen LogP contribution in [-0.2, 0) is 4.79 Å². The van der Waals surface area contributed by atoms with E-state index in [0.29, 0.717) is 22.3 Å². The highest BCUT2D eigenvalue weighted by atomic mass is 35.5. The molecular formula is C12H11ClN2O2S. The maximum Gasteiger partial charge on any atom is 0.264 e. The Kier molecular flexibility index (Phi) is 3.93. The van der Waals surface area contributed by atoms with Crippen LogP contribution in [0.15, 0.2) is 23.1 Å². The second-order valence-electron chi connectivity index (χ2n) is 3.52. The van der Waals surface area contributed by atoms with E-state index in [1.807, 2.05) is 13.0 Å². The van der Waals surface area contributed by atoms with Crippen LogP contribution in [0.4, 0.5) is 0 Å². The Morgan fingerprint density at radius 3 is 2.89 bits per heavy atom. The van der Waals surface area contributed by atoms with E-state index in [4.69, 9.17) is 21.7 Å². The summed E-state index contributed by atoms with van der Waals surface area (Å²) in [5, 5.41) is 10.4. The van der Waals surface area contributed by atoms with Crippen molar-refractivity contribution in [1.29, 1.82) is 5.41 Å². The molecule has 1 aliphatic rings. The number of amides is 1. The Balaban J connectivity index is 2.25.